The Morgan fingerprint density at radius 2 is 0.791 bits per heavy atom. The molecule has 0 bridgehead atoms. The molecule has 7 aromatic rings. The van der Waals surface area contributed by atoms with Gasteiger partial charge in [0, 0.05) is 0 Å². The van der Waals surface area contributed by atoms with Crippen molar-refractivity contribution in [2.45, 2.75) is 6.16 Å². The molecule has 0 heterocycles. The van der Waals surface area contributed by atoms with E-state index in [-0.39, 0.29) is 1.43 Å². The summed E-state index contributed by atoms with van der Waals surface area (Å²) in [6, 6.07) is 54.1. The molecule has 7 aromatic carbocycles. The van der Waals surface area contributed by atoms with Gasteiger partial charge in [-0.15, -0.1) is 0 Å². The zero-order chi connectivity index (χ0) is 30.4. The minimum atomic E-state index is -11.2. The molecule has 0 aliphatic heterocycles. The summed E-state index contributed by atoms with van der Waals surface area (Å²) in [4.78, 5) is 0. The molecule has 43 heavy (non-hydrogen) atoms. The average molecular weight is 714 g/mol. The monoisotopic (exact) mass is 713 g/mol. The van der Waals surface area contributed by atoms with Crippen LogP contribution in [0.1, 0.15) is 6.99 Å². The van der Waals surface area contributed by atoms with Gasteiger partial charge in [-0.3, -0.25) is 0 Å². The van der Waals surface area contributed by atoms with Crippen molar-refractivity contribution in [2.75, 3.05) is 0 Å². The van der Waals surface area contributed by atoms with Gasteiger partial charge in [0.25, 0.3) is 0 Å². The zero-order valence-electron chi connectivity index (χ0n) is 23.7. The molecule has 0 saturated carbocycles. The minimum Gasteiger partial charge on any atom is -0.0620 e. The van der Waals surface area contributed by atoms with E-state index in [1.165, 1.54) is 53.8 Å². The molecule has 7 rings (SSSR count). The first kappa shape index (κ1) is 29.5. The fourth-order valence-corrected chi connectivity index (χ4v) is 10.2. The first-order chi connectivity index (χ1) is 20.3. The topological polar surface area (TPSA) is 0 Å². The maximum absolute atomic E-state index is 11.2. The third-order valence-electron chi connectivity index (χ3n) is 7.62. The van der Waals surface area contributed by atoms with Crippen molar-refractivity contribution in [2.24, 2.45) is 0 Å². The molecule has 0 aliphatic carbocycles. The molecule has 0 atom stereocenters. The first-order valence-electron chi connectivity index (χ1n) is 13.6. The van der Waals surface area contributed by atoms with Crippen LogP contribution in [0, 0.1) is 0 Å². The average Bonchev–Trinajstić information content (AvgIpc) is 2.99. The van der Waals surface area contributed by atoms with Crippen molar-refractivity contribution in [1.29, 1.82) is 0 Å². The molecule has 218 valence electrons. The summed E-state index contributed by atoms with van der Waals surface area (Å²) in [7, 11) is -1.97. The van der Waals surface area contributed by atoms with Gasteiger partial charge in [0.15, 0.2) is 0 Å². The van der Waals surface area contributed by atoms with Gasteiger partial charge in [-0.2, -0.15) is 0 Å². The summed E-state index contributed by atoms with van der Waals surface area (Å²) in [6.45, 7) is 0. The SMILES string of the molecule is [F][Sb-]([F])([F])([F])([F])[F].[H+].c1ccc([P+](Cc2ccc3ccc4cccc5ccc2c3c45)(c2ccccc2)c2ccccc2)cc1. The molecule has 0 spiro atoms. The summed E-state index contributed by atoms with van der Waals surface area (Å²) in [5.41, 5.74) is 1.42. The van der Waals surface area contributed by atoms with Crippen LogP contribution in [-0.2, 0) is 6.16 Å². The Bertz CT molecular complexity index is 1910. The van der Waals surface area contributed by atoms with Crippen molar-refractivity contribution >= 4 is 75.0 Å². The summed E-state index contributed by atoms with van der Waals surface area (Å²) in [5, 5.41) is 12.4. The molecule has 0 N–H and O–H groups in total. The maximum Gasteiger partial charge on any atom is 1.00 e. The fraction of sp³-hybridized carbons (Fsp3) is 0.0286. The molecule has 0 nitrogen and oxygen atoms in total. The van der Waals surface area contributed by atoms with Gasteiger partial charge in [-0.05, 0) is 74.3 Å². The molecule has 0 saturated heterocycles. The number of halogens is 6. The van der Waals surface area contributed by atoms with E-state index in [9.17, 15) is 16.9 Å². The van der Waals surface area contributed by atoms with Crippen LogP contribution in [0.4, 0.5) is 16.9 Å². The van der Waals surface area contributed by atoms with E-state index in [1.54, 1.807) is 0 Å². The van der Waals surface area contributed by atoms with E-state index in [4.69, 9.17) is 0 Å². The predicted molar refractivity (Wildman–Crippen MR) is 173 cm³/mol. The Kier molecular flexibility index (Phi) is 7.03. The second-order valence-electron chi connectivity index (χ2n) is 10.5. The van der Waals surface area contributed by atoms with Gasteiger partial charge in [-0.1, -0.05) is 109 Å². The van der Waals surface area contributed by atoms with Crippen LogP contribution in [0.2, 0.25) is 0 Å². The van der Waals surface area contributed by atoms with E-state index in [0.29, 0.717) is 0 Å². The van der Waals surface area contributed by atoms with Gasteiger partial charge < -0.3 is 0 Å². The minimum absolute atomic E-state index is 0. The predicted octanol–water partition coefficient (Wildman–Crippen LogP) is 10.3. The van der Waals surface area contributed by atoms with Crippen molar-refractivity contribution in [1.82, 2.24) is 0 Å². The van der Waals surface area contributed by atoms with E-state index in [1.807, 2.05) is 0 Å². The summed E-state index contributed by atoms with van der Waals surface area (Å²) < 4.78 is 59.6. The van der Waals surface area contributed by atoms with Crippen LogP contribution in [-0.4, -0.2) is 19.5 Å². The number of rotatable bonds is 5. The normalized spacial score (nSPS) is 13.8. The molecule has 0 amide bonds. The summed E-state index contributed by atoms with van der Waals surface area (Å²) in [6.07, 6.45) is 0.985. The summed E-state index contributed by atoms with van der Waals surface area (Å²) in [5.74, 6) is 0. The molecular formula is C35H27F6PSb+. The standard InChI is InChI=1S/C35H26P.6FH.Sb/c1-4-13-30(14-5-1)36(31-15-6-2-7-16-31,32-17-8-3-9-18-32)25-29-22-21-28-20-19-26-11-10-12-27-23-24-33(29)35(28)34(26)27;;;;;;;/h1-24H,25H2;6*1H;/q+1;;;;;;;+5/p-5. The van der Waals surface area contributed by atoms with E-state index in [2.05, 4.69) is 146 Å². The Hall–Kier alpha value is -3.59. The largest absolute Gasteiger partial charge is 1.00 e. The first-order valence-corrected chi connectivity index (χ1v) is 21.3. The van der Waals surface area contributed by atoms with Gasteiger partial charge >= 0.3 is 37.8 Å². The van der Waals surface area contributed by atoms with Crippen molar-refractivity contribution in [3.8, 4) is 0 Å². The van der Waals surface area contributed by atoms with Crippen molar-refractivity contribution < 1.29 is 18.3 Å². The fourth-order valence-electron chi connectivity index (χ4n) is 5.96. The molecular weight excluding hydrogens is 687 g/mol. The Labute approximate surface area is 249 Å². The Balaban J connectivity index is 0.000000433. The zero-order valence-corrected chi connectivity index (χ0v) is 26.2. The van der Waals surface area contributed by atoms with E-state index >= 15 is 0 Å². The van der Waals surface area contributed by atoms with Crippen LogP contribution < -0.4 is 15.9 Å². The van der Waals surface area contributed by atoms with Crippen molar-refractivity contribution in [3.63, 3.8) is 0 Å². The van der Waals surface area contributed by atoms with Crippen LogP contribution in [0.25, 0.3) is 32.3 Å². The molecule has 0 radical (unpaired) electrons. The molecule has 0 fully saturated rings. The van der Waals surface area contributed by atoms with E-state index in [0.717, 1.165) is 6.16 Å². The van der Waals surface area contributed by atoms with Crippen molar-refractivity contribution in [3.05, 3.63) is 151 Å². The Morgan fingerprint density at radius 1 is 0.419 bits per heavy atom. The number of hydrogen-bond acceptors (Lipinski definition) is 0. The molecule has 0 aliphatic rings. The molecule has 0 unspecified atom stereocenters. The second-order valence-corrected chi connectivity index (χ2v) is 19.5. The third kappa shape index (κ3) is 6.51. The van der Waals surface area contributed by atoms with Gasteiger partial charge in [0.2, 0.25) is 0 Å². The quantitative estimate of drug-likeness (QED) is 0.0721. The van der Waals surface area contributed by atoms with Gasteiger partial charge in [0.05, 0.1) is 6.16 Å². The van der Waals surface area contributed by atoms with Gasteiger partial charge in [0.1, 0.15) is 23.2 Å². The Morgan fingerprint density at radius 3 is 1.23 bits per heavy atom. The van der Waals surface area contributed by atoms with E-state index < -0.39 is 26.7 Å². The number of benzene rings is 7. The number of hydrogen-bond donors (Lipinski definition) is 0. The summed E-state index contributed by atoms with van der Waals surface area (Å²) >= 11 is -11.2. The smallest absolute Gasteiger partial charge is 0.0620 e. The van der Waals surface area contributed by atoms with Crippen LogP contribution >= 0.6 is 7.26 Å². The second kappa shape index (κ2) is 10.3. The van der Waals surface area contributed by atoms with Crippen LogP contribution in [0.3, 0.4) is 0 Å². The van der Waals surface area contributed by atoms with Gasteiger partial charge in [-0.25, -0.2) is 0 Å². The van der Waals surface area contributed by atoms with Crippen LogP contribution in [0.5, 0.6) is 0 Å². The third-order valence-corrected chi connectivity index (χ3v) is 12.0. The molecule has 8 heteroatoms. The van der Waals surface area contributed by atoms with Crippen LogP contribution in [0.15, 0.2) is 146 Å². The molecule has 0 aromatic heterocycles. The maximum atomic E-state index is 9.93.